The minimum atomic E-state index is 0.102. The van der Waals surface area contributed by atoms with Crippen LogP contribution in [-0.4, -0.2) is 25.1 Å². The summed E-state index contributed by atoms with van der Waals surface area (Å²) in [5.74, 6) is 0.694. The predicted octanol–water partition coefficient (Wildman–Crippen LogP) is 3.16. The van der Waals surface area contributed by atoms with Gasteiger partial charge < -0.3 is 9.64 Å². The van der Waals surface area contributed by atoms with Gasteiger partial charge in [0.2, 0.25) is 0 Å². The lowest BCUT2D eigenvalue weighted by Crippen LogP contribution is -2.31. The van der Waals surface area contributed by atoms with E-state index in [1.807, 2.05) is 0 Å². The summed E-state index contributed by atoms with van der Waals surface area (Å²) in [6.45, 7) is 0.950. The fourth-order valence-corrected chi connectivity index (χ4v) is 2.95. The minimum absolute atomic E-state index is 0.102. The number of alkyl halides is 1. The van der Waals surface area contributed by atoms with Crippen LogP contribution < -0.4 is 4.90 Å². The van der Waals surface area contributed by atoms with Gasteiger partial charge >= 0.3 is 0 Å². The summed E-state index contributed by atoms with van der Waals surface area (Å²) in [7, 11) is 1.75. The molecule has 0 aromatic heterocycles. The van der Waals surface area contributed by atoms with Gasteiger partial charge in [-0.05, 0) is 18.6 Å². The van der Waals surface area contributed by atoms with Crippen molar-refractivity contribution in [1.82, 2.24) is 0 Å². The van der Waals surface area contributed by atoms with Crippen LogP contribution in [0.4, 0.5) is 5.69 Å². The molecule has 82 valence electrons. The Morgan fingerprint density at radius 3 is 3.00 bits per heavy atom. The highest BCUT2D eigenvalue weighted by molar-refractivity contribution is 8.00. The summed E-state index contributed by atoms with van der Waals surface area (Å²) in [5, 5.41) is 0. The van der Waals surface area contributed by atoms with Crippen molar-refractivity contribution in [3.63, 3.8) is 0 Å². The normalized spacial score (nSPS) is 19.3. The van der Waals surface area contributed by atoms with Crippen LogP contribution in [0.1, 0.15) is 6.42 Å². The minimum Gasteiger partial charge on any atom is -0.352 e. The first-order chi connectivity index (χ1) is 7.36. The third kappa shape index (κ3) is 2.25. The number of hydrogen-bond acceptors (Lipinski definition) is 3. The van der Waals surface area contributed by atoms with E-state index in [-0.39, 0.29) is 5.56 Å². The smallest absolute Gasteiger partial charge is 0.182 e. The number of ether oxygens (including phenoxy) is 1. The number of nitrogens with zero attached hydrogens (tertiary/aromatic N) is 1. The number of anilines is 1. The van der Waals surface area contributed by atoms with Gasteiger partial charge in [0.15, 0.2) is 5.56 Å². The molecule has 0 bridgehead atoms. The third-order valence-electron chi connectivity index (χ3n) is 2.39. The van der Waals surface area contributed by atoms with Gasteiger partial charge in [0.05, 0.1) is 5.69 Å². The lowest BCUT2D eigenvalue weighted by molar-refractivity contribution is 0.171. The lowest BCUT2D eigenvalue weighted by atomic mass is 10.3. The van der Waals surface area contributed by atoms with E-state index >= 15 is 0 Å². The van der Waals surface area contributed by atoms with Gasteiger partial charge in [-0.1, -0.05) is 23.9 Å². The van der Waals surface area contributed by atoms with Gasteiger partial charge in [0.25, 0.3) is 0 Å². The molecule has 1 aromatic carbocycles. The highest BCUT2D eigenvalue weighted by Crippen LogP contribution is 2.43. The lowest BCUT2D eigenvalue weighted by Gasteiger charge is -2.24. The summed E-state index contributed by atoms with van der Waals surface area (Å²) in [4.78, 5) is 3.56. The average Bonchev–Trinajstić information content (AvgIpc) is 2.64. The zero-order valence-electron chi connectivity index (χ0n) is 8.65. The van der Waals surface area contributed by atoms with Gasteiger partial charge in [0.1, 0.15) is 0 Å². The van der Waals surface area contributed by atoms with Gasteiger partial charge in [-0.15, -0.1) is 11.6 Å². The molecule has 0 N–H and O–H groups in total. The molecule has 1 aromatic rings. The second-order valence-corrected chi connectivity index (χ2v) is 4.82. The average molecular weight is 244 g/mol. The van der Waals surface area contributed by atoms with Crippen LogP contribution in [-0.2, 0) is 4.74 Å². The van der Waals surface area contributed by atoms with Crippen molar-refractivity contribution in [3.05, 3.63) is 24.3 Å². The quantitative estimate of drug-likeness (QED) is 0.754. The van der Waals surface area contributed by atoms with Crippen LogP contribution in [0.2, 0.25) is 0 Å². The molecule has 0 fully saturated rings. The maximum absolute atomic E-state index is 5.72. The van der Waals surface area contributed by atoms with Crippen molar-refractivity contribution in [1.29, 1.82) is 0 Å². The van der Waals surface area contributed by atoms with Crippen LogP contribution in [0, 0.1) is 0 Å². The maximum atomic E-state index is 5.72. The second kappa shape index (κ2) is 5.10. The third-order valence-corrected chi connectivity index (χ3v) is 3.91. The van der Waals surface area contributed by atoms with Crippen LogP contribution in [0.5, 0.6) is 0 Å². The number of fused-ring (bicyclic) bond motifs is 1. The molecular weight excluding hydrogens is 230 g/mol. The summed E-state index contributed by atoms with van der Waals surface area (Å²) in [6.07, 6.45) is 0.982. The number of rotatable bonds is 4. The van der Waals surface area contributed by atoms with Crippen molar-refractivity contribution in [3.8, 4) is 0 Å². The highest BCUT2D eigenvalue weighted by Gasteiger charge is 2.28. The summed E-state index contributed by atoms with van der Waals surface area (Å²) in [5.41, 5.74) is 1.37. The van der Waals surface area contributed by atoms with E-state index < -0.39 is 0 Å². The first-order valence-electron chi connectivity index (χ1n) is 4.98. The molecule has 2 nitrogen and oxygen atoms in total. The van der Waals surface area contributed by atoms with Gasteiger partial charge in [-0.25, -0.2) is 0 Å². The number of methoxy groups -OCH3 is 1. The Hall–Kier alpha value is -0.380. The first kappa shape index (κ1) is 11.1. The van der Waals surface area contributed by atoms with Crippen LogP contribution in [0.25, 0.3) is 0 Å². The van der Waals surface area contributed by atoms with E-state index in [4.69, 9.17) is 16.3 Å². The summed E-state index contributed by atoms with van der Waals surface area (Å²) in [6, 6.07) is 8.39. The topological polar surface area (TPSA) is 12.5 Å². The maximum Gasteiger partial charge on any atom is 0.182 e. The Morgan fingerprint density at radius 2 is 2.27 bits per heavy atom. The molecule has 1 atom stereocenters. The van der Waals surface area contributed by atoms with E-state index in [1.54, 1.807) is 18.9 Å². The zero-order valence-corrected chi connectivity index (χ0v) is 10.2. The molecule has 0 saturated heterocycles. The van der Waals surface area contributed by atoms with Crippen molar-refractivity contribution in [2.75, 3.05) is 24.4 Å². The monoisotopic (exact) mass is 243 g/mol. The first-order valence-corrected chi connectivity index (χ1v) is 6.39. The van der Waals surface area contributed by atoms with Crippen LogP contribution in [0.15, 0.2) is 29.2 Å². The SMILES string of the molecule is COC1Sc2ccccc2N1CCCCl. The van der Waals surface area contributed by atoms with Gasteiger partial charge in [0, 0.05) is 24.4 Å². The van der Waals surface area contributed by atoms with E-state index in [9.17, 15) is 0 Å². The largest absolute Gasteiger partial charge is 0.352 e. The second-order valence-electron chi connectivity index (χ2n) is 3.36. The van der Waals surface area contributed by atoms with Crippen molar-refractivity contribution in [2.24, 2.45) is 0 Å². The predicted molar refractivity (Wildman–Crippen MR) is 65.8 cm³/mol. The fraction of sp³-hybridized carbons (Fsp3) is 0.455. The molecule has 0 amide bonds. The highest BCUT2D eigenvalue weighted by atomic mass is 35.5. The number of para-hydroxylation sites is 1. The van der Waals surface area contributed by atoms with Crippen LogP contribution >= 0.6 is 23.4 Å². The van der Waals surface area contributed by atoms with Crippen molar-refractivity contribution in [2.45, 2.75) is 16.9 Å². The number of halogens is 1. The van der Waals surface area contributed by atoms with E-state index in [0.717, 1.165) is 13.0 Å². The van der Waals surface area contributed by atoms with E-state index in [2.05, 4.69) is 29.2 Å². The van der Waals surface area contributed by atoms with E-state index in [0.29, 0.717) is 5.88 Å². The Kier molecular flexibility index (Phi) is 3.78. The Morgan fingerprint density at radius 1 is 1.47 bits per heavy atom. The van der Waals surface area contributed by atoms with Crippen molar-refractivity contribution < 1.29 is 4.74 Å². The summed E-state index contributed by atoms with van der Waals surface area (Å²) < 4.78 is 5.45. The molecule has 4 heteroatoms. The fourth-order valence-electron chi connectivity index (χ4n) is 1.71. The molecule has 0 radical (unpaired) electrons. The molecule has 15 heavy (non-hydrogen) atoms. The van der Waals surface area contributed by atoms with E-state index in [1.165, 1.54) is 10.6 Å². The van der Waals surface area contributed by atoms with Gasteiger partial charge in [-0.3, -0.25) is 0 Å². The molecular formula is C11H14ClNOS. The Balaban J connectivity index is 2.18. The molecule has 1 aliphatic heterocycles. The molecule has 1 unspecified atom stereocenters. The summed E-state index contributed by atoms with van der Waals surface area (Å²) >= 11 is 7.48. The number of hydrogen-bond donors (Lipinski definition) is 0. The molecule has 1 heterocycles. The number of thioether (sulfide) groups is 1. The van der Waals surface area contributed by atoms with Gasteiger partial charge in [-0.2, -0.15) is 0 Å². The van der Waals surface area contributed by atoms with Crippen molar-refractivity contribution >= 4 is 29.1 Å². The Bertz CT molecular complexity index is 334. The zero-order chi connectivity index (χ0) is 10.7. The molecule has 0 aliphatic carbocycles. The molecule has 2 rings (SSSR count). The Labute approximate surface area is 99.6 Å². The molecule has 0 saturated carbocycles. The molecule has 1 aliphatic rings. The standard InChI is InChI=1S/C11H14ClNOS/c1-14-11-13(8-4-7-12)9-5-2-3-6-10(9)15-11/h2-3,5-6,11H,4,7-8H2,1H3. The van der Waals surface area contributed by atoms with Crippen LogP contribution in [0.3, 0.4) is 0 Å². The molecule has 0 spiro atoms. The number of benzene rings is 1.